The minimum atomic E-state index is -3.71. The first-order chi connectivity index (χ1) is 13.4. The zero-order chi connectivity index (χ0) is 20.1. The van der Waals surface area contributed by atoms with Gasteiger partial charge in [-0.2, -0.15) is 0 Å². The Hall–Kier alpha value is -2.93. The van der Waals surface area contributed by atoms with E-state index in [4.69, 9.17) is 0 Å². The van der Waals surface area contributed by atoms with Gasteiger partial charge in [0.1, 0.15) is 0 Å². The fourth-order valence-corrected chi connectivity index (χ4v) is 4.14. The van der Waals surface area contributed by atoms with Gasteiger partial charge in [0.2, 0.25) is 0 Å². The third-order valence-electron chi connectivity index (χ3n) is 4.39. The maximum atomic E-state index is 12.6. The first-order valence-electron chi connectivity index (χ1n) is 9.09. The lowest BCUT2D eigenvalue weighted by molar-refractivity contribution is 0.600. The van der Waals surface area contributed by atoms with Crippen molar-refractivity contribution >= 4 is 21.7 Å². The highest BCUT2D eigenvalue weighted by atomic mass is 32.2. The number of hydrogen-bond acceptors (Lipinski definition) is 5. The van der Waals surface area contributed by atoms with Gasteiger partial charge in [-0.25, -0.2) is 8.42 Å². The molecule has 3 aromatic rings. The fraction of sp³-hybridized carbons (Fsp3) is 0.238. The van der Waals surface area contributed by atoms with Crippen molar-refractivity contribution < 1.29 is 8.42 Å². The van der Waals surface area contributed by atoms with Gasteiger partial charge >= 0.3 is 0 Å². The molecule has 0 aliphatic rings. The number of anilines is 2. The first-order valence-corrected chi connectivity index (χ1v) is 10.6. The van der Waals surface area contributed by atoms with E-state index in [0.717, 1.165) is 0 Å². The number of hydrogen-bond donors (Lipinski definition) is 1. The van der Waals surface area contributed by atoms with E-state index in [1.165, 1.54) is 5.56 Å². The average molecular weight is 397 g/mol. The lowest BCUT2D eigenvalue weighted by Crippen LogP contribution is -2.31. The summed E-state index contributed by atoms with van der Waals surface area (Å²) in [6.45, 7) is 6.62. The smallest absolute Gasteiger partial charge is 0.263 e. The standard InChI is InChI=1S/C21H24N4O2S/c1-16(2)25(15-18-10-5-4-6-11-18)21-14-13-20(22-23-21)24-28(26,27)19-12-8-7-9-17(19)3/h4-14,16H,15H2,1-3H3,(H,22,24). The van der Waals surface area contributed by atoms with E-state index in [9.17, 15) is 8.42 Å². The van der Waals surface area contributed by atoms with Crippen LogP contribution in [0, 0.1) is 6.92 Å². The van der Waals surface area contributed by atoms with Crippen LogP contribution in [0.1, 0.15) is 25.0 Å². The summed E-state index contributed by atoms with van der Waals surface area (Å²) >= 11 is 0. The SMILES string of the molecule is Cc1ccccc1S(=O)(=O)Nc1ccc(N(Cc2ccccc2)C(C)C)nn1. The van der Waals surface area contributed by atoms with Crippen LogP contribution in [0.5, 0.6) is 0 Å². The van der Waals surface area contributed by atoms with Crippen LogP contribution < -0.4 is 9.62 Å². The van der Waals surface area contributed by atoms with Gasteiger partial charge in [-0.15, -0.1) is 10.2 Å². The largest absolute Gasteiger partial charge is 0.348 e. The fourth-order valence-electron chi connectivity index (χ4n) is 2.89. The van der Waals surface area contributed by atoms with Gasteiger partial charge < -0.3 is 4.90 Å². The molecule has 0 aliphatic heterocycles. The van der Waals surface area contributed by atoms with Gasteiger partial charge in [-0.05, 0) is 50.1 Å². The molecule has 2 aromatic carbocycles. The van der Waals surface area contributed by atoms with E-state index in [1.807, 2.05) is 18.2 Å². The quantitative estimate of drug-likeness (QED) is 0.653. The van der Waals surface area contributed by atoms with Crippen molar-refractivity contribution in [1.29, 1.82) is 0 Å². The number of nitrogens with one attached hydrogen (secondary N) is 1. The van der Waals surface area contributed by atoms with Gasteiger partial charge in [0.05, 0.1) is 4.90 Å². The van der Waals surface area contributed by atoms with Crippen LogP contribution in [0.15, 0.2) is 71.6 Å². The number of aromatic nitrogens is 2. The summed E-state index contributed by atoms with van der Waals surface area (Å²) in [5, 5.41) is 8.33. The Morgan fingerprint density at radius 3 is 2.21 bits per heavy atom. The first kappa shape index (κ1) is 19.8. The monoisotopic (exact) mass is 396 g/mol. The average Bonchev–Trinajstić information content (AvgIpc) is 2.67. The molecule has 1 aromatic heterocycles. The Morgan fingerprint density at radius 2 is 1.61 bits per heavy atom. The van der Waals surface area contributed by atoms with Gasteiger partial charge in [-0.3, -0.25) is 4.72 Å². The lowest BCUT2D eigenvalue weighted by atomic mass is 10.2. The van der Waals surface area contributed by atoms with Crippen LogP contribution in [-0.4, -0.2) is 24.7 Å². The van der Waals surface area contributed by atoms with Gasteiger partial charge in [0, 0.05) is 12.6 Å². The highest BCUT2D eigenvalue weighted by molar-refractivity contribution is 7.92. The highest BCUT2D eigenvalue weighted by Crippen LogP contribution is 2.21. The summed E-state index contributed by atoms with van der Waals surface area (Å²) in [4.78, 5) is 2.34. The molecule has 3 rings (SSSR count). The molecule has 0 unspecified atom stereocenters. The van der Waals surface area contributed by atoms with E-state index in [2.05, 4.69) is 45.8 Å². The zero-order valence-electron chi connectivity index (χ0n) is 16.2. The van der Waals surface area contributed by atoms with Gasteiger partial charge in [-0.1, -0.05) is 48.5 Å². The summed E-state index contributed by atoms with van der Waals surface area (Å²) < 4.78 is 27.7. The van der Waals surface area contributed by atoms with E-state index >= 15 is 0 Å². The number of aryl methyl sites for hydroxylation is 1. The van der Waals surface area contributed by atoms with Crippen LogP contribution in [0.2, 0.25) is 0 Å². The summed E-state index contributed by atoms with van der Waals surface area (Å²) in [6.07, 6.45) is 0. The molecule has 7 heteroatoms. The van der Waals surface area contributed by atoms with Crippen molar-refractivity contribution in [2.45, 2.75) is 38.3 Å². The summed E-state index contributed by atoms with van der Waals surface area (Å²) in [5.41, 5.74) is 1.84. The van der Waals surface area contributed by atoms with Crippen molar-refractivity contribution in [2.24, 2.45) is 0 Å². The molecule has 6 nitrogen and oxygen atoms in total. The van der Waals surface area contributed by atoms with Crippen molar-refractivity contribution in [2.75, 3.05) is 9.62 Å². The van der Waals surface area contributed by atoms with Crippen LogP contribution in [0.25, 0.3) is 0 Å². The van der Waals surface area contributed by atoms with Crippen LogP contribution >= 0.6 is 0 Å². The van der Waals surface area contributed by atoms with Crippen LogP contribution in [-0.2, 0) is 16.6 Å². The number of benzene rings is 2. The maximum Gasteiger partial charge on any atom is 0.263 e. The Kier molecular flexibility index (Phi) is 5.94. The highest BCUT2D eigenvalue weighted by Gasteiger charge is 2.18. The molecule has 1 N–H and O–H groups in total. The molecule has 1 heterocycles. The molecule has 0 amide bonds. The second-order valence-electron chi connectivity index (χ2n) is 6.86. The Balaban J connectivity index is 1.79. The predicted octanol–water partition coefficient (Wildman–Crippen LogP) is 4.00. The molecular formula is C21H24N4O2S. The van der Waals surface area contributed by atoms with Crippen molar-refractivity contribution in [3.8, 4) is 0 Å². The Bertz CT molecular complexity index is 1020. The summed E-state index contributed by atoms with van der Waals surface area (Å²) in [7, 11) is -3.71. The lowest BCUT2D eigenvalue weighted by Gasteiger charge is -2.27. The Morgan fingerprint density at radius 1 is 0.929 bits per heavy atom. The molecule has 0 fully saturated rings. The van der Waals surface area contributed by atoms with Crippen molar-refractivity contribution in [1.82, 2.24) is 10.2 Å². The minimum Gasteiger partial charge on any atom is -0.348 e. The maximum absolute atomic E-state index is 12.6. The number of rotatable bonds is 7. The van der Waals surface area contributed by atoms with Gasteiger partial charge in [0.25, 0.3) is 10.0 Å². The molecule has 28 heavy (non-hydrogen) atoms. The molecule has 0 atom stereocenters. The van der Waals surface area contributed by atoms with Crippen molar-refractivity contribution in [3.63, 3.8) is 0 Å². The van der Waals surface area contributed by atoms with E-state index in [0.29, 0.717) is 17.9 Å². The minimum absolute atomic E-state index is 0.190. The molecule has 0 spiro atoms. The second kappa shape index (κ2) is 8.39. The van der Waals surface area contributed by atoms with E-state index in [-0.39, 0.29) is 16.8 Å². The molecule has 0 aliphatic carbocycles. The molecule has 0 radical (unpaired) electrons. The van der Waals surface area contributed by atoms with Crippen LogP contribution in [0.3, 0.4) is 0 Å². The van der Waals surface area contributed by atoms with Crippen molar-refractivity contribution in [3.05, 3.63) is 77.9 Å². The molecule has 0 bridgehead atoms. The van der Waals surface area contributed by atoms with Crippen LogP contribution in [0.4, 0.5) is 11.6 Å². The predicted molar refractivity (Wildman–Crippen MR) is 112 cm³/mol. The second-order valence-corrected chi connectivity index (χ2v) is 8.51. The number of nitrogens with zero attached hydrogens (tertiary/aromatic N) is 3. The third kappa shape index (κ3) is 4.67. The molecule has 146 valence electrons. The molecular weight excluding hydrogens is 372 g/mol. The molecule has 0 saturated carbocycles. The third-order valence-corrected chi connectivity index (χ3v) is 5.90. The Labute approximate surface area is 166 Å². The normalized spacial score (nSPS) is 11.4. The van der Waals surface area contributed by atoms with E-state index < -0.39 is 10.0 Å². The van der Waals surface area contributed by atoms with Gasteiger partial charge in [0.15, 0.2) is 11.6 Å². The number of sulfonamides is 1. The summed E-state index contributed by atoms with van der Waals surface area (Å²) in [5.74, 6) is 0.883. The molecule has 0 saturated heterocycles. The zero-order valence-corrected chi connectivity index (χ0v) is 17.0. The topological polar surface area (TPSA) is 75.2 Å². The summed E-state index contributed by atoms with van der Waals surface area (Å²) in [6, 6.07) is 20.6. The van der Waals surface area contributed by atoms with E-state index in [1.54, 1.807) is 43.3 Å².